The normalized spacial score (nSPS) is 11.4. The summed E-state index contributed by atoms with van der Waals surface area (Å²) in [6.45, 7) is 4.90. The molecule has 3 rings (SSSR count). The highest BCUT2D eigenvalue weighted by Crippen LogP contribution is 2.34. The molecule has 0 spiro atoms. The van der Waals surface area contributed by atoms with E-state index >= 15 is 0 Å². The van der Waals surface area contributed by atoms with Crippen LogP contribution in [0.15, 0.2) is 22.6 Å². The summed E-state index contributed by atoms with van der Waals surface area (Å²) in [7, 11) is 0. The number of aliphatic hydroxyl groups excluding tert-OH is 1. The quantitative estimate of drug-likeness (QED) is 0.698. The average Bonchev–Trinajstić information content (AvgIpc) is 3.12. The maximum Gasteiger partial charge on any atom is 0.197 e. The van der Waals surface area contributed by atoms with Crippen molar-refractivity contribution in [1.82, 2.24) is 24.7 Å². The molecule has 3 heterocycles. The molecule has 0 bridgehead atoms. The second-order valence-electron chi connectivity index (χ2n) is 4.77. The summed E-state index contributed by atoms with van der Waals surface area (Å²) in [5.41, 5.74) is 0. The molecule has 0 atom stereocenters. The van der Waals surface area contributed by atoms with Crippen LogP contribution in [0.5, 0.6) is 0 Å². The predicted octanol–water partition coefficient (Wildman–Crippen LogP) is 2.90. The van der Waals surface area contributed by atoms with E-state index in [-0.39, 0.29) is 6.61 Å². The van der Waals surface area contributed by atoms with Crippen molar-refractivity contribution < 1.29 is 5.11 Å². The first kappa shape index (κ1) is 15.4. The Morgan fingerprint density at radius 1 is 1.27 bits per heavy atom. The van der Waals surface area contributed by atoms with E-state index in [1.54, 1.807) is 17.7 Å². The molecule has 116 valence electrons. The van der Waals surface area contributed by atoms with Crippen molar-refractivity contribution in [3.8, 4) is 0 Å². The molecule has 8 heteroatoms. The molecule has 0 saturated carbocycles. The number of hydrogen-bond donors (Lipinski definition) is 1. The van der Waals surface area contributed by atoms with Crippen molar-refractivity contribution in [2.24, 2.45) is 0 Å². The van der Waals surface area contributed by atoms with E-state index in [4.69, 9.17) is 0 Å². The molecule has 0 aliphatic rings. The SMILES string of the molecule is CCCn1c(CO)nnc1Sc1ncnc2sc(CC)cc12. The van der Waals surface area contributed by atoms with Gasteiger partial charge in [-0.15, -0.1) is 21.5 Å². The Morgan fingerprint density at radius 2 is 2.14 bits per heavy atom. The van der Waals surface area contributed by atoms with Crippen molar-refractivity contribution in [1.29, 1.82) is 0 Å². The first-order valence-electron chi connectivity index (χ1n) is 7.21. The zero-order valence-corrected chi connectivity index (χ0v) is 14.1. The van der Waals surface area contributed by atoms with Crippen LogP contribution < -0.4 is 0 Å². The minimum Gasteiger partial charge on any atom is -0.388 e. The van der Waals surface area contributed by atoms with Gasteiger partial charge in [0.25, 0.3) is 0 Å². The van der Waals surface area contributed by atoms with E-state index in [9.17, 15) is 5.11 Å². The van der Waals surface area contributed by atoms with Crippen molar-refractivity contribution >= 4 is 33.3 Å². The van der Waals surface area contributed by atoms with Crippen LogP contribution in [0.25, 0.3) is 10.2 Å². The largest absolute Gasteiger partial charge is 0.388 e. The lowest BCUT2D eigenvalue weighted by atomic mass is 10.3. The Hall–Kier alpha value is -1.51. The van der Waals surface area contributed by atoms with Crippen LogP contribution in [0.2, 0.25) is 0 Å². The topological polar surface area (TPSA) is 76.7 Å². The van der Waals surface area contributed by atoms with Gasteiger partial charge in [-0.3, -0.25) is 0 Å². The molecule has 1 N–H and O–H groups in total. The van der Waals surface area contributed by atoms with Crippen molar-refractivity contribution in [3.05, 3.63) is 23.1 Å². The van der Waals surface area contributed by atoms with E-state index in [1.807, 2.05) is 4.57 Å². The lowest BCUT2D eigenvalue weighted by Gasteiger charge is -2.07. The smallest absolute Gasteiger partial charge is 0.197 e. The van der Waals surface area contributed by atoms with Gasteiger partial charge in [0, 0.05) is 16.8 Å². The van der Waals surface area contributed by atoms with Gasteiger partial charge in [0.15, 0.2) is 11.0 Å². The minimum absolute atomic E-state index is 0.106. The summed E-state index contributed by atoms with van der Waals surface area (Å²) < 4.78 is 1.95. The van der Waals surface area contributed by atoms with Gasteiger partial charge in [0.1, 0.15) is 22.8 Å². The molecular formula is C14H17N5OS2. The zero-order chi connectivity index (χ0) is 15.5. The second-order valence-corrected chi connectivity index (χ2v) is 6.85. The van der Waals surface area contributed by atoms with Gasteiger partial charge in [-0.25, -0.2) is 9.97 Å². The second kappa shape index (κ2) is 6.72. The van der Waals surface area contributed by atoms with Gasteiger partial charge < -0.3 is 9.67 Å². The molecule has 0 unspecified atom stereocenters. The average molecular weight is 335 g/mol. The standard InChI is InChI=1S/C14H17N5OS2/c1-3-5-19-11(7-20)17-18-14(19)22-13-10-6-9(4-2)21-12(10)15-8-16-13/h6,8,20H,3-5,7H2,1-2H3. The van der Waals surface area contributed by atoms with E-state index < -0.39 is 0 Å². The van der Waals surface area contributed by atoms with Crippen molar-refractivity contribution in [2.75, 3.05) is 0 Å². The number of thiophene rings is 1. The number of nitrogens with zero attached hydrogens (tertiary/aromatic N) is 5. The molecule has 3 aromatic heterocycles. The Balaban J connectivity index is 1.99. The molecule has 6 nitrogen and oxygen atoms in total. The molecule has 0 aliphatic carbocycles. The lowest BCUT2D eigenvalue weighted by molar-refractivity contribution is 0.263. The summed E-state index contributed by atoms with van der Waals surface area (Å²) in [4.78, 5) is 11.0. The summed E-state index contributed by atoms with van der Waals surface area (Å²) in [6.07, 6.45) is 3.54. The third kappa shape index (κ3) is 2.86. The third-order valence-corrected chi connectivity index (χ3v) is 5.45. The number of hydrogen-bond acceptors (Lipinski definition) is 7. The molecule has 0 saturated heterocycles. The van der Waals surface area contributed by atoms with E-state index in [0.717, 1.165) is 39.8 Å². The van der Waals surface area contributed by atoms with Gasteiger partial charge >= 0.3 is 0 Å². The van der Waals surface area contributed by atoms with E-state index in [1.165, 1.54) is 16.6 Å². The number of aliphatic hydroxyl groups is 1. The Morgan fingerprint density at radius 3 is 2.86 bits per heavy atom. The monoisotopic (exact) mass is 335 g/mol. The van der Waals surface area contributed by atoms with E-state index in [2.05, 4.69) is 40.1 Å². The summed E-state index contributed by atoms with van der Waals surface area (Å²) >= 11 is 3.18. The first-order chi connectivity index (χ1) is 10.8. The third-order valence-electron chi connectivity index (χ3n) is 3.26. The molecule has 0 aliphatic heterocycles. The first-order valence-corrected chi connectivity index (χ1v) is 8.84. The highest BCUT2D eigenvalue weighted by atomic mass is 32.2. The number of aromatic nitrogens is 5. The maximum absolute atomic E-state index is 9.37. The molecule has 0 amide bonds. The van der Waals surface area contributed by atoms with Crippen LogP contribution >= 0.6 is 23.1 Å². The summed E-state index contributed by atoms with van der Waals surface area (Å²) in [5, 5.41) is 20.3. The number of fused-ring (bicyclic) bond motifs is 1. The maximum atomic E-state index is 9.37. The molecule has 3 aromatic rings. The fraction of sp³-hybridized carbons (Fsp3) is 0.429. The molecule has 0 radical (unpaired) electrons. The fourth-order valence-corrected chi connectivity index (χ4v) is 4.11. The Bertz CT molecular complexity index is 783. The summed E-state index contributed by atoms with van der Waals surface area (Å²) in [6, 6.07) is 2.15. The Labute approximate surface area is 136 Å². The molecular weight excluding hydrogens is 318 g/mol. The predicted molar refractivity (Wildman–Crippen MR) is 87.2 cm³/mol. The van der Waals surface area contributed by atoms with Gasteiger partial charge in [0.05, 0.1) is 0 Å². The van der Waals surface area contributed by atoms with Gasteiger partial charge in [0.2, 0.25) is 0 Å². The van der Waals surface area contributed by atoms with E-state index in [0.29, 0.717) is 5.82 Å². The highest BCUT2D eigenvalue weighted by Gasteiger charge is 2.15. The lowest BCUT2D eigenvalue weighted by Crippen LogP contribution is -2.04. The van der Waals surface area contributed by atoms with Crippen LogP contribution in [0, 0.1) is 0 Å². The van der Waals surface area contributed by atoms with Crippen molar-refractivity contribution in [2.45, 2.75) is 50.0 Å². The van der Waals surface area contributed by atoms with Gasteiger partial charge in [-0.2, -0.15) is 0 Å². The zero-order valence-electron chi connectivity index (χ0n) is 12.5. The summed E-state index contributed by atoms with van der Waals surface area (Å²) in [5.74, 6) is 0.592. The number of rotatable bonds is 6. The van der Waals surface area contributed by atoms with Gasteiger partial charge in [-0.1, -0.05) is 13.8 Å². The van der Waals surface area contributed by atoms with Crippen LogP contribution in [0.3, 0.4) is 0 Å². The minimum atomic E-state index is -0.106. The Kier molecular flexibility index (Phi) is 4.70. The molecule has 22 heavy (non-hydrogen) atoms. The number of aryl methyl sites for hydroxylation is 1. The fourth-order valence-electron chi connectivity index (χ4n) is 2.19. The van der Waals surface area contributed by atoms with Gasteiger partial charge in [-0.05, 0) is 30.7 Å². The highest BCUT2D eigenvalue weighted by molar-refractivity contribution is 7.99. The van der Waals surface area contributed by atoms with Crippen LogP contribution in [-0.2, 0) is 19.6 Å². The van der Waals surface area contributed by atoms with Crippen LogP contribution in [0.1, 0.15) is 31.0 Å². The van der Waals surface area contributed by atoms with Crippen LogP contribution in [0.4, 0.5) is 0 Å². The van der Waals surface area contributed by atoms with Crippen molar-refractivity contribution in [3.63, 3.8) is 0 Å². The molecule has 0 aromatic carbocycles. The van der Waals surface area contributed by atoms with Crippen LogP contribution in [-0.4, -0.2) is 29.8 Å². The molecule has 0 fully saturated rings.